The average Bonchev–Trinajstić information content (AvgIpc) is 3.21. The smallest absolute Gasteiger partial charge is 0.271 e. The Bertz CT molecular complexity index is 914. The van der Waals surface area contributed by atoms with Crippen molar-refractivity contribution < 1.29 is 4.79 Å². The number of rotatable bonds is 3. The van der Waals surface area contributed by atoms with Crippen LogP contribution in [0.5, 0.6) is 0 Å². The standard InChI is InChI=1S/C16H20N8O/c1-11-20-21-15-14(17-5-7-24(11)15)23-6-3-4-12(8-23)19-16(25)13-9-22(2)10-18-13/h5,7,9-10,12H,3-4,6,8H2,1-2H3,(H,19,25). The molecule has 25 heavy (non-hydrogen) atoms. The van der Waals surface area contributed by atoms with E-state index in [0.717, 1.165) is 36.7 Å². The Labute approximate surface area is 144 Å². The summed E-state index contributed by atoms with van der Waals surface area (Å²) < 4.78 is 3.69. The fourth-order valence-electron chi connectivity index (χ4n) is 3.23. The lowest BCUT2D eigenvalue weighted by molar-refractivity contribution is 0.0928. The highest BCUT2D eigenvalue weighted by Crippen LogP contribution is 2.22. The lowest BCUT2D eigenvalue weighted by Crippen LogP contribution is -2.48. The zero-order valence-corrected chi connectivity index (χ0v) is 14.3. The molecule has 4 rings (SSSR count). The van der Waals surface area contributed by atoms with Crippen LogP contribution < -0.4 is 10.2 Å². The van der Waals surface area contributed by atoms with E-state index in [1.807, 2.05) is 24.6 Å². The first-order chi connectivity index (χ1) is 12.1. The first kappa shape index (κ1) is 15.6. The van der Waals surface area contributed by atoms with Crippen molar-refractivity contribution in [1.82, 2.24) is 34.4 Å². The van der Waals surface area contributed by atoms with Gasteiger partial charge in [-0.05, 0) is 19.8 Å². The highest BCUT2D eigenvalue weighted by Gasteiger charge is 2.25. The zero-order valence-electron chi connectivity index (χ0n) is 14.3. The summed E-state index contributed by atoms with van der Waals surface area (Å²) in [7, 11) is 1.85. The Kier molecular flexibility index (Phi) is 3.83. The molecule has 1 saturated heterocycles. The molecule has 0 spiro atoms. The van der Waals surface area contributed by atoms with Crippen molar-refractivity contribution >= 4 is 17.4 Å². The van der Waals surface area contributed by atoms with E-state index in [2.05, 4.69) is 30.4 Å². The second-order valence-corrected chi connectivity index (χ2v) is 6.37. The Hall–Kier alpha value is -2.97. The number of imidazole rings is 1. The number of aryl methyl sites for hydroxylation is 2. The number of hydrogen-bond donors (Lipinski definition) is 1. The maximum absolute atomic E-state index is 12.3. The number of carbonyl (C=O) groups excluding carboxylic acids is 1. The molecule has 1 fully saturated rings. The van der Waals surface area contributed by atoms with Gasteiger partial charge >= 0.3 is 0 Å². The van der Waals surface area contributed by atoms with Gasteiger partial charge in [-0.25, -0.2) is 9.97 Å². The van der Waals surface area contributed by atoms with Gasteiger partial charge in [-0.2, -0.15) is 0 Å². The molecule has 0 radical (unpaired) electrons. The first-order valence-electron chi connectivity index (χ1n) is 8.32. The molecule has 3 aromatic heterocycles. The van der Waals surface area contributed by atoms with Crippen LogP contribution in [-0.4, -0.2) is 54.2 Å². The van der Waals surface area contributed by atoms with Crippen molar-refractivity contribution in [3.05, 3.63) is 36.4 Å². The molecule has 0 aliphatic carbocycles. The maximum Gasteiger partial charge on any atom is 0.271 e. The molecule has 0 saturated carbocycles. The molecule has 1 N–H and O–H groups in total. The molecule has 9 heteroatoms. The van der Waals surface area contributed by atoms with Gasteiger partial charge in [0.2, 0.25) is 5.65 Å². The third kappa shape index (κ3) is 2.92. The van der Waals surface area contributed by atoms with Crippen molar-refractivity contribution in [1.29, 1.82) is 0 Å². The van der Waals surface area contributed by atoms with Crippen molar-refractivity contribution in [2.24, 2.45) is 7.05 Å². The molecule has 1 aliphatic heterocycles. The molecule has 4 heterocycles. The molecule has 1 aliphatic rings. The van der Waals surface area contributed by atoms with E-state index in [-0.39, 0.29) is 11.9 Å². The van der Waals surface area contributed by atoms with Gasteiger partial charge in [0.25, 0.3) is 5.91 Å². The van der Waals surface area contributed by atoms with E-state index in [9.17, 15) is 4.79 Å². The van der Waals surface area contributed by atoms with Crippen LogP contribution >= 0.6 is 0 Å². The van der Waals surface area contributed by atoms with Crippen LogP contribution in [0, 0.1) is 6.92 Å². The highest BCUT2D eigenvalue weighted by atomic mass is 16.2. The predicted molar refractivity (Wildman–Crippen MR) is 91.4 cm³/mol. The summed E-state index contributed by atoms with van der Waals surface area (Å²) in [4.78, 5) is 23.1. The number of nitrogens with one attached hydrogen (secondary N) is 1. The summed E-state index contributed by atoms with van der Waals surface area (Å²) in [5, 5.41) is 11.4. The van der Waals surface area contributed by atoms with Crippen LogP contribution in [0.25, 0.3) is 5.65 Å². The third-order valence-electron chi connectivity index (χ3n) is 4.47. The SMILES string of the molecule is Cc1nnc2c(N3CCCC(NC(=O)c4cn(C)cn4)C3)nccn12. The Morgan fingerprint density at radius 1 is 1.32 bits per heavy atom. The van der Waals surface area contributed by atoms with Crippen LogP contribution in [0.1, 0.15) is 29.2 Å². The molecule has 9 nitrogen and oxygen atoms in total. The van der Waals surface area contributed by atoms with Crippen LogP contribution in [0.15, 0.2) is 24.9 Å². The number of anilines is 1. The second-order valence-electron chi connectivity index (χ2n) is 6.37. The van der Waals surface area contributed by atoms with Crippen molar-refractivity contribution in [3.8, 4) is 0 Å². The summed E-state index contributed by atoms with van der Waals surface area (Å²) in [6, 6.07) is 0.0503. The monoisotopic (exact) mass is 340 g/mol. The fraction of sp³-hybridized carbons (Fsp3) is 0.438. The summed E-state index contributed by atoms with van der Waals surface area (Å²) in [5.41, 5.74) is 1.18. The summed E-state index contributed by atoms with van der Waals surface area (Å²) in [6.07, 6.45) is 8.87. The largest absolute Gasteiger partial charge is 0.351 e. The van der Waals surface area contributed by atoms with Crippen molar-refractivity contribution in [2.45, 2.75) is 25.8 Å². The second kappa shape index (κ2) is 6.15. The molecular formula is C16H20N8O. The Morgan fingerprint density at radius 3 is 3.00 bits per heavy atom. The van der Waals surface area contributed by atoms with Crippen molar-refractivity contribution in [3.63, 3.8) is 0 Å². The minimum absolute atomic E-state index is 0.0503. The number of carbonyl (C=O) groups is 1. The van der Waals surface area contributed by atoms with Gasteiger partial charge in [-0.3, -0.25) is 9.20 Å². The van der Waals surface area contributed by atoms with Gasteiger partial charge in [0, 0.05) is 44.8 Å². The van der Waals surface area contributed by atoms with Gasteiger partial charge in [0.15, 0.2) is 5.82 Å². The van der Waals surface area contributed by atoms with Crippen LogP contribution in [-0.2, 0) is 7.05 Å². The van der Waals surface area contributed by atoms with Crippen molar-refractivity contribution in [2.75, 3.05) is 18.0 Å². The lowest BCUT2D eigenvalue weighted by atomic mass is 10.1. The molecule has 0 aromatic carbocycles. The number of fused-ring (bicyclic) bond motifs is 1. The average molecular weight is 340 g/mol. The quantitative estimate of drug-likeness (QED) is 0.749. The van der Waals surface area contributed by atoms with E-state index in [1.54, 1.807) is 23.3 Å². The van der Waals surface area contributed by atoms with E-state index in [0.29, 0.717) is 12.2 Å². The summed E-state index contributed by atoms with van der Waals surface area (Å²) >= 11 is 0. The summed E-state index contributed by atoms with van der Waals surface area (Å²) in [5.74, 6) is 1.49. The molecular weight excluding hydrogens is 320 g/mol. The van der Waals surface area contributed by atoms with Gasteiger partial charge in [-0.1, -0.05) is 0 Å². The van der Waals surface area contributed by atoms with Crippen LogP contribution in [0.2, 0.25) is 0 Å². The number of amides is 1. The van der Waals surface area contributed by atoms with E-state index in [1.165, 1.54) is 0 Å². The molecule has 0 bridgehead atoms. The fourth-order valence-corrected chi connectivity index (χ4v) is 3.23. The predicted octanol–water partition coefficient (Wildman–Crippen LogP) is 0.565. The van der Waals surface area contributed by atoms with Crippen LogP contribution in [0.4, 0.5) is 5.82 Å². The molecule has 1 atom stereocenters. The Morgan fingerprint density at radius 2 is 2.20 bits per heavy atom. The van der Waals surface area contributed by atoms with Gasteiger partial charge in [0.05, 0.1) is 6.33 Å². The van der Waals surface area contributed by atoms with Gasteiger partial charge in [-0.15, -0.1) is 10.2 Å². The topological polar surface area (TPSA) is 93.2 Å². The van der Waals surface area contributed by atoms with Crippen LogP contribution in [0.3, 0.4) is 0 Å². The number of piperidine rings is 1. The van der Waals surface area contributed by atoms with E-state index < -0.39 is 0 Å². The first-order valence-corrected chi connectivity index (χ1v) is 8.32. The molecule has 130 valence electrons. The third-order valence-corrected chi connectivity index (χ3v) is 4.47. The minimum Gasteiger partial charge on any atom is -0.351 e. The Balaban J connectivity index is 1.51. The molecule has 1 amide bonds. The normalized spacial score (nSPS) is 17.8. The number of aromatic nitrogens is 6. The van der Waals surface area contributed by atoms with Gasteiger partial charge < -0.3 is 14.8 Å². The van der Waals surface area contributed by atoms with E-state index in [4.69, 9.17) is 0 Å². The van der Waals surface area contributed by atoms with E-state index >= 15 is 0 Å². The lowest BCUT2D eigenvalue weighted by Gasteiger charge is -2.33. The molecule has 1 unspecified atom stereocenters. The van der Waals surface area contributed by atoms with Gasteiger partial charge in [0.1, 0.15) is 11.5 Å². The highest BCUT2D eigenvalue weighted by molar-refractivity contribution is 5.92. The minimum atomic E-state index is -0.142. The maximum atomic E-state index is 12.3. The molecule has 3 aromatic rings. The summed E-state index contributed by atoms with van der Waals surface area (Å²) in [6.45, 7) is 3.49. The number of nitrogens with zero attached hydrogens (tertiary/aromatic N) is 7. The zero-order chi connectivity index (χ0) is 17.4. The number of hydrogen-bond acceptors (Lipinski definition) is 6.